The van der Waals surface area contributed by atoms with Gasteiger partial charge in [-0.15, -0.1) is 0 Å². The SMILES string of the molecule is C=COc1cc(CCCCC)cc(OC(=NC)SCCCBr)c1C1C=C(C)CCC1. The van der Waals surface area contributed by atoms with E-state index in [1.165, 1.54) is 49.5 Å². The van der Waals surface area contributed by atoms with Crippen LogP contribution in [0.3, 0.4) is 0 Å². The summed E-state index contributed by atoms with van der Waals surface area (Å²) in [5.74, 6) is 3.01. The van der Waals surface area contributed by atoms with Gasteiger partial charge in [0.15, 0.2) is 0 Å². The molecule has 0 aromatic heterocycles. The van der Waals surface area contributed by atoms with Crippen LogP contribution in [-0.2, 0) is 6.42 Å². The maximum absolute atomic E-state index is 6.42. The van der Waals surface area contributed by atoms with Crippen molar-refractivity contribution in [3.8, 4) is 11.5 Å². The molecule has 0 spiro atoms. The van der Waals surface area contributed by atoms with E-state index in [9.17, 15) is 0 Å². The first-order chi connectivity index (χ1) is 14.6. The molecule has 0 heterocycles. The highest BCUT2D eigenvalue weighted by molar-refractivity contribution is 9.09. The van der Waals surface area contributed by atoms with Gasteiger partial charge in [0.05, 0.1) is 6.26 Å². The van der Waals surface area contributed by atoms with Crippen LogP contribution in [0.25, 0.3) is 0 Å². The van der Waals surface area contributed by atoms with Gasteiger partial charge in [-0.2, -0.15) is 0 Å². The van der Waals surface area contributed by atoms with Crippen LogP contribution in [0.15, 0.2) is 41.6 Å². The number of hydrogen-bond acceptors (Lipinski definition) is 4. The third kappa shape index (κ3) is 7.81. The fourth-order valence-corrected chi connectivity index (χ4v) is 5.19. The van der Waals surface area contributed by atoms with Crippen molar-refractivity contribution < 1.29 is 9.47 Å². The quantitative estimate of drug-likeness (QED) is 0.0779. The molecule has 0 saturated heterocycles. The van der Waals surface area contributed by atoms with Gasteiger partial charge in [-0.1, -0.05) is 65.7 Å². The van der Waals surface area contributed by atoms with Gasteiger partial charge in [-0.05, 0) is 63.1 Å². The molecule has 0 amide bonds. The predicted octanol–water partition coefficient (Wildman–Crippen LogP) is 8.04. The van der Waals surface area contributed by atoms with E-state index < -0.39 is 0 Å². The predicted molar refractivity (Wildman–Crippen MR) is 136 cm³/mol. The van der Waals surface area contributed by atoms with Crippen LogP contribution in [0.4, 0.5) is 0 Å². The Morgan fingerprint density at radius 2 is 2.10 bits per heavy atom. The third-order valence-electron chi connectivity index (χ3n) is 5.27. The smallest absolute Gasteiger partial charge is 0.251 e. The molecule has 1 aliphatic carbocycles. The lowest BCUT2D eigenvalue weighted by atomic mass is 9.84. The number of aliphatic imine (C=N–C) groups is 1. The molecular formula is C25H36BrNO2S. The van der Waals surface area contributed by atoms with Crippen molar-refractivity contribution in [2.75, 3.05) is 18.1 Å². The zero-order valence-electron chi connectivity index (χ0n) is 18.7. The number of benzene rings is 1. The van der Waals surface area contributed by atoms with Crippen molar-refractivity contribution in [1.82, 2.24) is 0 Å². The zero-order valence-corrected chi connectivity index (χ0v) is 21.1. The van der Waals surface area contributed by atoms with Gasteiger partial charge in [0.2, 0.25) is 0 Å². The first-order valence-electron chi connectivity index (χ1n) is 11.1. The molecule has 1 aromatic rings. The van der Waals surface area contributed by atoms with E-state index in [2.05, 4.69) is 59.6 Å². The van der Waals surface area contributed by atoms with Crippen LogP contribution in [0, 0.1) is 0 Å². The van der Waals surface area contributed by atoms with Gasteiger partial charge in [0, 0.05) is 29.6 Å². The minimum atomic E-state index is 0.291. The lowest BCUT2D eigenvalue weighted by molar-refractivity contribution is 0.457. The number of hydrogen-bond donors (Lipinski definition) is 0. The molecule has 3 nitrogen and oxygen atoms in total. The van der Waals surface area contributed by atoms with Gasteiger partial charge >= 0.3 is 0 Å². The summed E-state index contributed by atoms with van der Waals surface area (Å²) in [7, 11) is 1.80. The maximum atomic E-state index is 6.42. The van der Waals surface area contributed by atoms with E-state index in [0.717, 1.165) is 47.4 Å². The number of nitrogens with zero attached hydrogens (tertiary/aromatic N) is 1. The summed E-state index contributed by atoms with van der Waals surface area (Å²) < 4.78 is 12.3. The van der Waals surface area contributed by atoms with Crippen molar-refractivity contribution in [3.05, 3.63) is 47.7 Å². The second kappa shape index (κ2) is 14.0. The van der Waals surface area contributed by atoms with Crippen molar-refractivity contribution >= 4 is 32.9 Å². The van der Waals surface area contributed by atoms with Crippen LogP contribution in [0.1, 0.15) is 75.8 Å². The van der Waals surface area contributed by atoms with Crippen molar-refractivity contribution in [2.45, 2.75) is 71.1 Å². The van der Waals surface area contributed by atoms with Gasteiger partial charge in [0.1, 0.15) is 11.5 Å². The molecule has 1 atom stereocenters. The van der Waals surface area contributed by atoms with Crippen LogP contribution in [0.5, 0.6) is 11.5 Å². The molecule has 0 bridgehead atoms. The number of halogens is 1. The molecule has 166 valence electrons. The average Bonchev–Trinajstić information content (AvgIpc) is 2.73. The number of alkyl halides is 1. The molecule has 0 radical (unpaired) electrons. The Hall–Kier alpha value is -1.20. The fourth-order valence-electron chi connectivity index (χ4n) is 3.80. The average molecular weight is 495 g/mol. The summed E-state index contributed by atoms with van der Waals surface area (Å²) >= 11 is 5.16. The zero-order chi connectivity index (χ0) is 21.8. The Bertz CT molecular complexity index is 745. The first-order valence-corrected chi connectivity index (χ1v) is 13.2. The molecule has 1 aliphatic rings. The largest absolute Gasteiger partial charge is 0.465 e. The Labute approximate surface area is 195 Å². The molecule has 1 aromatic carbocycles. The van der Waals surface area contributed by atoms with Crippen molar-refractivity contribution in [2.24, 2.45) is 4.99 Å². The second-order valence-electron chi connectivity index (χ2n) is 7.74. The number of unbranched alkanes of at least 4 members (excludes halogenated alkanes) is 2. The van der Waals surface area contributed by atoms with Crippen LogP contribution in [-0.4, -0.2) is 23.4 Å². The van der Waals surface area contributed by atoms with E-state index in [-0.39, 0.29) is 0 Å². The Balaban J connectivity index is 2.44. The summed E-state index contributed by atoms with van der Waals surface area (Å²) in [4.78, 5) is 4.40. The minimum absolute atomic E-state index is 0.291. The first kappa shape index (κ1) is 25.1. The van der Waals surface area contributed by atoms with E-state index in [1.807, 2.05) is 0 Å². The standard InChI is InChI=1S/C25H36BrNO2S/c1-5-7-8-12-20-17-22(28-6-2)24(21-13-9-11-19(3)16-21)23(18-20)29-25(27-4)30-15-10-14-26/h6,16-18,21H,2,5,7-15H2,1,3-4H3. The topological polar surface area (TPSA) is 30.8 Å². The van der Waals surface area contributed by atoms with Crippen molar-refractivity contribution in [3.63, 3.8) is 0 Å². The number of ether oxygens (including phenoxy) is 2. The molecule has 5 heteroatoms. The molecule has 0 aliphatic heterocycles. The fraction of sp³-hybridized carbons (Fsp3) is 0.560. The Morgan fingerprint density at radius 3 is 2.77 bits per heavy atom. The van der Waals surface area contributed by atoms with Crippen LogP contribution >= 0.6 is 27.7 Å². The van der Waals surface area contributed by atoms with Crippen molar-refractivity contribution in [1.29, 1.82) is 0 Å². The van der Waals surface area contributed by atoms with Gasteiger partial charge < -0.3 is 9.47 Å². The normalized spacial score (nSPS) is 16.9. The molecular weight excluding hydrogens is 458 g/mol. The van der Waals surface area contributed by atoms with Gasteiger partial charge in [-0.25, -0.2) is 4.99 Å². The lowest BCUT2D eigenvalue weighted by Gasteiger charge is -2.25. The molecule has 1 unspecified atom stereocenters. The second-order valence-corrected chi connectivity index (χ2v) is 9.58. The highest BCUT2D eigenvalue weighted by atomic mass is 79.9. The molecule has 0 saturated carbocycles. The highest BCUT2D eigenvalue weighted by Crippen LogP contribution is 2.43. The molecule has 0 N–H and O–H groups in total. The number of allylic oxidation sites excluding steroid dienone is 2. The molecule has 2 rings (SSSR count). The number of thioether (sulfide) groups is 1. The summed E-state index contributed by atoms with van der Waals surface area (Å²) in [5, 5.41) is 1.70. The van der Waals surface area contributed by atoms with E-state index in [1.54, 1.807) is 18.8 Å². The summed E-state index contributed by atoms with van der Waals surface area (Å²) in [6.07, 6.45) is 13.1. The van der Waals surface area contributed by atoms with E-state index in [4.69, 9.17) is 9.47 Å². The Morgan fingerprint density at radius 1 is 1.30 bits per heavy atom. The maximum Gasteiger partial charge on any atom is 0.251 e. The molecule has 30 heavy (non-hydrogen) atoms. The van der Waals surface area contributed by atoms with Gasteiger partial charge in [-0.3, -0.25) is 0 Å². The number of rotatable bonds is 11. The van der Waals surface area contributed by atoms with E-state index >= 15 is 0 Å². The lowest BCUT2D eigenvalue weighted by Crippen LogP contribution is -2.11. The number of aryl methyl sites for hydroxylation is 1. The summed E-state index contributed by atoms with van der Waals surface area (Å²) in [5.41, 5.74) is 3.80. The van der Waals surface area contributed by atoms with Crippen LogP contribution < -0.4 is 9.47 Å². The van der Waals surface area contributed by atoms with E-state index in [0.29, 0.717) is 11.1 Å². The highest BCUT2D eigenvalue weighted by Gasteiger charge is 2.24. The molecule has 0 fully saturated rings. The third-order valence-corrected chi connectivity index (χ3v) is 6.84. The minimum Gasteiger partial charge on any atom is -0.465 e. The summed E-state index contributed by atoms with van der Waals surface area (Å²) in [6, 6.07) is 4.38. The van der Waals surface area contributed by atoms with Crippen LogP contribution in [0.2, 0.25) is 0 Å². The summed E-state index contributed by atoms with van der Waals surface area (Å²) in [6.45, 7) is 8.26. The Kier molecular flexibility index (Phi) is 11.7. The monoisotopic (exact) mass is 493 g/mol. The van der Waals surface area contributed by atoms with Gasteiger partial charge in [0.25, 0.3) is 5.23 Å².